The molecule has 0 aromatic carbocycles. The molecule has 4 heterocycles. The Balaban J connectivity index is 1.71. The van der Waals surface area contributed by atoms with Gasteiger partial charge in [-0.1, -0.05) is 13.3 Å². The third-order valence-corrected chi connectivity index (χ3v) is 4.81. The smallest absolute Gasteiger partial charge is 0.243 e. The van der Waals surface area contributed by atoms with E-state index in [4.69, 9.17) is 0 Å². The Hall–Kier alpha value is -3.55. The van der Waals surface area contributed by atoms with E-state index >= 15 is 0 Å². The predicted octanol–water partition coefficient (Wildman–Crippen LogP) is 3.17. The zero-order valence-electron chi connectivity index (χ0n) is 16.0. The average molecular weight is 414 g/mol. The first-order valence-corrected chi connectivity index (χ1v) is 9.39. The minimum Gasteiger partial charge on any atom is -0.243 e. The maximum absolute atomic E-state index is 13.1. The molecular weight excluding hydrogens is 397 g/mol. The highest BCUT2D eigenvalue weighted by Gasteiger charge is 2.37. The molecule has 1 atom stereocenters. The first-order chi connectivity index (χ1) is 14.4. The summed E-state index contributed by atoms with van der Waals surface area (Å²) in [7, 11) is 0. The molecule has 4 rings (SSSR count). The fourth-order valence-corrected chi connectivity index (χ4v) is 3.48. The second-order valence-corrected chi connectivity index (χ2v) is 6.84. The number of rotatable bonds is 5. The first kappa shape index (κ1) is 19.8. The number of hydrogen-bond donors (Lipinski definition) is 0. The van der Waals surface area contributed by atoms with Crippen LogP contribution in [0.5, 0.6) is 0 Å². The van der Waals surface area contributed by atoms with Crippen LogP contribution < -0.4 is 5.01 Å². The summed E-state index contributed by atoms with van der Waals surface area (Å²) in [5.74, 6) is -0.740. The van der Waals surface area contributed by atoms with Crippen LogP contribution in [0.15, 0.2) is 29.8 Å². The van der Waals surface area contributed by atoms with Crippen LogP contribution in [-0.2, 0) is 19.0 Å². The normalized spacial score (nSPS) is 16.4. The summed E-state index contributed by atoms with van der Waals surface area (Å²) < 4.78 is 40.3. The fraction of sp³-hybridized carbons (Fsp3) is 0.368. The van der Waals surface area contributed by atoms with Crippen LogP contribution in [0.25, 0.3) is 5.65 Å². The van der Waals surface area contributed by atoms with Crippen molar-refractivity contribution in [2.45, 2.75) is 44.8 Å². The molecule has 0 aliphatic carbocycles. The van der Waals surface area contributed by atoms with Crippen molar-refractivity contribution in [2.24, 2.45) is 5.10 Å². The van der Waals surface area contributed by atoms with E-state index in [0.717, 1.165) is 4.52 Å². The summed E-state index contributed by atoms with van der Waals surface area (Å²) in [6, 6.07) is 5.28. The topological polar surface area (TPSA) is 95.4 Å². The Morgan fingerprint density at radius 3 is 2.87 bits per heavy atom. The first-order valence-electron chi connectivity index (χ1n) is 9.39. The highest BCUT2D eigenvalue weighted by Crippen LogP contribution is 2.29. The fourth-order valence-electron chi connectivity index (χ4n) is 3.48. The number of halogens is 3. The lowest BCUT2D eigenvalue weighted by Gasteiger charge is -2.24. The summed E-state index contributed by atoms with van der Waals surface area (Å²) in [5.41, 5.74) is 1.83. The third-order valence-electron chi connectivity index (χ3n) is 4.81. The van der Waals surface area contributed by atoms with Gasteiger partial charge in [0.1, 0.15) is 12.4 Å². The minimum atomic E-state index is -4.63. The van der Waals surface area contributed by atoms with E-state index in [1.54, 1.807) is 29.6 Å². The van der Waals surface area contributed by atoms with Crippen molar-refractivity contribution in [3.8, 4) is 6.07 Å². The molecule has 1 aliphatic rings. The Morgan fingerprint density at radius 2 is 2.13 bits per heavy atom. The molecule has 1 unspecified atom stereocenters. The van der Waals surface area contributed by atoms with Crippen molar-refractivity contribution in [3.05, 3.63) is 47.3 Å². The van der Waals surface area contributed by atoms with Crippen LogP contribution in [0.4, 0.5) is 19.0 Å². The summed E-state index contributed by atoms with van der Waals surface area (Å²) in [5, 5.41) is 18.9. The van der Waals surface area contributed by atoms with Crippen LogP contribution >= 0.6 is 0 Å². The second kappa shape index (κ2) is 7.70. The van der Waals surface area contributed by atoms with Crippen molar-refractivity contribution < 1.29 is 13.2 Å². The van der Waals surface area contributed by atoms with E-state index in [2.05, 4.69) is 31.2 Å². The monoisotopic (exact) mass is 414 g/mol. The highest BCUT2D eigenvalue weighted by molar-refractivity contribution is 5.68. The number of hydrazone groups is 1. The van der Waals surface area contributed by atoms with Gasteiger partial charge in [0.25, 0.3) is 5.82 Å². The van der Waals surface area contributed by atoms with Crippen molar-refractivity contribution in [3.63, 3.8) is 0 Å². The van der Waals surface area contributed by atoms with Gasteiger partial charge >= 0.3 is 6.18 Å². The number of nitriles is 1. The number of aromatic nitrogens is 5. The Labute approximate surface area is 169 Å². The van der Waals surface area contributed by atoms with Gasteiger partial charge in [-0.05, 0) is 18.6 Å². The quantitative estimate of drug-likeness (QED) is 0.636. The maximum Gasteiger partial charge on any atom is 0.453 e. The largest absolute Gasteiger partial charge is 0.453 e. The van der Waals surface area contributed by atoms with Gasteiger partial charge in [0.05, 0.1) is 17.3 Å². The lowest BCUT2D eigenvalue weighted by Crippen LogP contribution is -2.30. The molecule has 0 saturated carbocycles. The molecule has 0 saturated heterocycles. The van der Waals surface area contributed by atoms with Gasteiger partial charge in [0.15, 0.2) is 11.5 Å². The Bertz CT molecular complexity index is 1140. The summed E-state index contributed by atoms with van der Waals surface area (Å²) >= 11 is 0. The highest BCUT2D eigenvalue weighted by atomic mass is 19.4. The average Bonchev–Trinajstić information content (AvgIpc) is 3.36. The van der Waals surface area contributed by atoms with Gasteiger partial charge in [-0.15, -0.1) is 5.10 Å². The molecule has 0 bridgehead atoms. The number of pyridine rings is 1. The van der Waals surface area contributed by atoms with Crippen molar-refractivity contribution in [1.82, 2.24) is 24.6 Å². The lowest BCUT2D eigenvalue weighted by molar-refractivity contribution is -0.144. The molecular formula is C19H17F3N8. The predicted molar refractivity (Wildman–Crippen MR) is 102 cm³/mol. The molecule has 0 spiro atoms. The van der Waals surface area contributed by atoms with Crippen molar-refractivity contribution >= 4 is 17.7 Å². The molecule has 30 heavy (non-hydrogen) atoms. The van der Waals surface area contributed by atoms with Crippen LogP contribution in [0.2, 0.25) is 0 Å². The number of alkyl halides is 3. The van der Waals surface area contributed by atoms with Gasteiger partial charge < -0.3 is 0 Å². The van der Waals surface area contributed by atoms with E-state index < -0.39 is 12.0 Å². The minimum absolute atomic E-state index is 0.162. The number of hydrogen-bond acceptors (Lipinski definition) is 7. The summed E-state index contributed by atoms with van der Waals surface area (Å²) in [6.45, 7) is 1.94. The number of fused-ring (bicyclic) bond motifs is 1. The van der Waals surface area contributed by atoms with Gasteiger partial charge in [-0.3, -0.25) is 0 Å². The zero-order chi connectivity index (χ0) is 21.3. The molecule has 3 aromatic rings. The molecule has 0 amide bonds. The van der Waals surface area contributed by atoms with Crippen molar-refractivity contribution in [1.29, 1.82) is 5.26 Å². The van der Waals surface area contributed by atoms with Crippen LogP contribution in [0.3, 0.4) is 0 Å². The molecule has 0 fully saturated rings. The molecule has 1 aliphatic heterocycles. The molecule has 3 aromatic heterocycles. The van der Waals surface area contributed by atoms with Gasteiger partial charge in [0, 0.05) is 30.8 Å². The van der Waals surface area contributed by atoms with Gasteiger partial charge in [0.2, 0.25) is 0 Å². The summed E-state index contributed by atoms with van der Waals surface area (Å²) in [4.78, 5) is 12.4. The molecule has 154 valence electrons. The van der Waals surface area contributed by atoms with Crippen LogP contribution in [-0.4, -0.2) is 36.8 Å². The molecule has 0 N–H and O–H groups in total. The van der Waals surface area contributed by atoms with Crippen LogP contribution in [0.1, 0.15) is 42.4 Å². The van der Waals surface area contributed by atoms with E-state index in [1.165, 1.54) is 6.33 Å². The SMILES string of the molecule is CCCc1c(CC2CC=NN2c2ncccc2C#N)ncn2nc(C(F)(F)F)nc12. The Kier molecular flexibility index (Phi) is 5.07. The van der Waals surface area contributed by atoms with E-state index in [-0.39, 0.29) is 11.7 Å². The number of anilines is 1. The molecule has 11 heteroatoms. The van der Waals surface area contributed by atoms with Gasteiger partial charge in [-0.25, -0.2) is 24.5 Å². The number of nitrogens with zero attached hydrogens (tertiary/aromatic N) is 8. The number of aryl methyl sites for hydroxylation is 1. The summed E-state index contributed by atoms with van der Waals surface area (Å²) in [6.07, 6.45) is 2.20. The zero-order valence-corrected chi connectivity index (χ0v) is 16.0. The third kappa shape index (κ3) is 3.56. The Morgan fingerprint density at radius 1 is 1.30 bits per heavy atom. The molecule has 0 radical (unpaired) electrons. The molecule has 8 nitrogen and oxygen atoms in total. The van der Waals surface area contributed by atoms with Gasteiger partial charge in [-0.2, -0.15) is 23.5 Å². The van der Waals surface area contributed by atoms with E-state index in [9.17, 15) is 18.4 Å². The lowest BCUT2D eigenvalue weighted by atomic mass is 10.0. The van der Waals surface area contributed by atoms with Crippen LogP contribution in [0, 0.1) is 11.3 Å². The second-order valence-electron chi connectivity index (χ2n) is 6.84. The van der Waals surface area contributed by atoms with E-state index in [1.807, 2.05) is 6.92 Å². The standard InChI is InChI=1S/C19H17F3N8/c1-2-4-14-15(25-11-29-17(14)27-18(28-29)19(20,21)22)9-13-6-8-26-30(13)16-12(10-23)5-3-7-24-16/h3,5,7-8,11,13H,2,4,6,9H2,1H3. The maximum atomic E-state index is 13.1. The van der Waals surface area contributed by atoms with Crippen molar-refractivity contribution in [2.75, 3.05) is 5.01 Å². The van der Waals surface area contributed by atoms with E-state index in [0.29, 0.717) is 48.3 Å².